The van der Waals surface area contributed by atoms with E-state index in [1.165, 1.54) is 24.5 Å². The molecule has 1 rings (SSSR count). The summed E-state index contributed by atoms with van der Waals surface area (Å²) in [6, 6.07) is 3.53. The van der Waals surface area contributed by atoms with E-state index >= 15 is 0 Å². The first-order valence-electron chi connectivity index (χ1n) is 5.29. The molecule has 1 aromatic rings. The smallest absolute Gasteiger partial charge is 0.549 e. The minimum absolute atomic E-state index is 0. The second kappa shape index (κ2) is 9.14. The van der Waals surface area contributed by atoms with Crippen LogP contribution in [0.25, 0.3) is 0 Å². The number of carboxylic acids is 1. The molecule has 5 nitrogen and oxygen atoms in total. The second-order valence-electron chi connectivity index (χ2n) is 3.62. The zero-order valence-electron chi connectivity index (χ0n) is 11.1. The predicted octanol–water partition coefficient (Wildman–Crippen LogP) is -2.75. The molecule has 1 unspecified atom stereocenters. The largest absolute Gasteiger partial charge is 1.00 e. The maximum absolute atomic E-state index is 11.0. The number of rotatable bonds is 6. The Labute approximate surface area is 137 Å². The summed E-state index contributed by atoms with van der Waals surface area (Å²) in [5.41, 5.74) is 0.546. The summed E-state index contributed by atoms with van der Waals surface area (Å²) < 4.78 is 4.47. The molecule has 1 N–H and O–H groups in total. The topological polar surface area (TPSA) is 78.5 Å². The van der Waals surface area contributed by atoms with Crippen LogP contribution < -0.4 is 40.0 Å². The van der Waals surface area contributed by atoms with Crippen molar-refractivity contribution in [3.05, 3.63) is 34.2 Å². The van der Waals surface area contributed by atoms with Crippen molar-refractivity contribution < 1.29 is 49.0 Å². The van der Waals surface area contributed by atoms with Crippen LogP contribution in [-0.4, -0.2) is 25.6 Å². The van der Waals surface area contributed by atoms with Crippen molar-refractivity contribution in [2.24, 2.45) is 0 Å². The fourth-order valence-corrected chi connectivity index (χ4v) is 2.15. The maximum atomic E-state index is 11.0. The number of aliphatic carboxylic acids is 1. The average Bonchev–Trinajstić information content (AvgIpc) is 2.82. The average molecular weight is 291 g/mol. The number of hydrogen-bond acceptors (Lipinski definition) is 6. The van der Waals surface area contributed by atoms with Crippen LogP contribution in [0.15, 0.2) is 29.3 Å². The minimum atomic E-state index is -1.14. The summed E-state index contributed by atoms with van der Waals surface area (Å²) in [5.74, 6) is -2.36. The van der Waals surface area contributed by atoms with Crippen molar-refractivity contribution in [1.82, 2.24) is 5.32 Å². The minimum Gasteiger partial charge on any atom is -0.549 e. The van der Waals surface area contributed by atoms with Crippen LogP contribution in [0.1, 0.15) is 17.7 Å². The molecular formula is C12H14NNaO4S. The van der Waals surface area contributed by atoms with E-state index in [2.05, 4.69) is 10.1 Å². The van der Waals surface area contributed by atoms with Gasteiger partial charge in [-0.25, -0.2) is 4.79 Å². The number of nitrogens with one attached hydrogen (secondary N) is 1. The standard InChI is InChI=1S/C12H15NO4S.Na/c1-8(6-11(14)17-2)13-7-9(12(15)16)10-4-3-5-18-10;/h3-6,9,13H,7H2,1-2H3,(H,15,16);/q;+1/p-1. The van der Waals surface area contributed by atoms with Gasteiger partial charge in [0, 0.05) is 23.2 Å². The summed E-state index contributed by atoms with van der Waals surface area (Å²) in [4.78, 5) is 22.7. The molecule has 0 bridgehead atoms. The van der Waals surface area contributed by atoms with E-state index in [0.717, 1.165) is 0 Å². The van der Waals surface area contributed by atoms with Gasteiger partial charge < -0.3 is 20.0 Å². The van der Waals surface area contributed by atoms with E-state index in [0.29, 0.717) is 10.6 Å². The van der Waals surface area contributed by atoms with Crippen LogP contribution in [-0.2, 0) is 14.3 Å². The van der Waals surface area contributed by atoms with Crippen LogP contribution in [0.2, 0.25) is 0 Å². The van der Waals surface area contributed by atoms with E-state index in [4.69, 9.17) is 0 Å². The van der Waals surface area contributed by atoms with Crippen LogP contribution in [0.3, 0.4) is 0 Å². The number of esters is 1. The molecule has 0 radical (unpaired) electrons. The molecule has 0 saturated carbocycles. The molecule has 1 heterocycles. The third kappa shape index (κ3) is 6.24. The van der Waals surface area contributed by atoms with Gasteiger partial charge >= 0.3 is 35.5 Å². The fourth-order valence-electron chi connectivity index (χ4n) is 1.34. The van der Waals surface area contributed by atoms with Crippen LogP contribution in [0.4, 0.5) is 0 Å². The summed E-state index contributed by atoms with van der Waals surface area (Å²) in [7, 11) is 1.28. The van der Waals surface area contributed by atoms with Gasteiger partial charge in [-0.2, -0.15) is 0 Å². The summed E-state index contributed by atoms with van der Waals surface area (Å²) in [5, 5.41) is 15.7. The third-order valence-electron chi connectivity index (χ3n) is 2.29. The van der Waals surface area contributed by atoms with Gasteiger partial charge in [-0.05, 0) is 18.4 Å². The van der Waals surface area contributed by atoms with Gasteiger partial charge in [-0.15, -0.1) is 11.3 Å². The molecule has 1 atom stereocenters. The van der Waals surface area contributed by atoms with Crippen molar-refractivity contribution in [1.29, 1.82) is 0 Å². The van der Waals surface area contributed by atoms with Gasteiger partial charge in [0.2, 0.25) is 0 Å². The molecule has 0 aliphatic heterocycles. The first-order valence-corrected chi connectivity index (χ1v) is 6.17. The first-order chi connectivity index (χ1) is 8.54. The zero-order chi connectivity index (χ0) is 13.5. The van der Waals surface area contributed by atoms with Crippen molar-refractivity contribution >= 4 is 23.3 Å². The normalized spacial score (nSPS) is 12.2. The SMILES string of the molecule is COC(=O)C=C(C)NCC(C(=O)[O-])c1cccs1.[Na+]. The molecule has 0 saturated heterocycles. The van der Waals surface area contributed by atoms with Gasteiger partial charge in [0.15, 0.2) is 0 Å². The van der Waals surface area contributed by atoms with Gasteiger partial charge in [-0.3, -0.25) is 0 Å². The molecule has 7 heteroatoms. The van der Waals surface area contributed by atoms with Crippen LogP contribution >= 0.6 is 11.3 Å². The molecule has 98 valence electrons. The Morgan fingerprint density at radius 3 is 2.74 bits per heavy atom. The Kier molecular flexibility index (Phi) is 8.75. The van der Waals surface area contributed by atoms with E-state index in [-0.39, 0.29) is 36.1 Å². The molecular weight excluding hydrogens is 277 g/mol. The number of carboxylic acid groups (broad SMARTS) is 1. The Morgan fingerprint density at radius 2 is 2.26 bits per heavy atom. The Balaban J connectivity index is 0.00000324. The van der Waals surface area contributed by atoms with E-state index < -0.39 is 17.9 Å². The Hall–Kier alpha value is -0.820. The van der Waals surface area contributed by atoms with Gasteiger partial charge in [0.25, 0.3) is 0 Å². The molecule has 0 fully saturated rings. The van der Waals surface area contributed by atoms with Crippen molar-refractivity contribution in [2.75, 3.05) is 13.7 Å². The van der Waals surface area contributed by atoms with E-state index in [9.17, 15) is 14.7 Å². The van der Waals surface area contributed by atoms with E-state index in [1.54, 1.807) is 19.1 Å². The number of hydrogen-bond donors (Lipinski definition) is 1. The fraction of sp³-hybridized carbons (Fsp3) is 0.333. The molecule has 0 amide bonds. The van der Waals surface area contributed by atoms with Crippen LogP contribution in [0.5, 0.6) is 0 Å². The van der Waals surface area contributed by atoms with Crippen molar-refractivity contribution in [3.63, 3.8) is 0 Å². The predicted molar refractivity (Wildman–Crippen MR) is 65.8 cm³/mol. The third-order valence-corrected chi connectivity index (χ3v) is 3.28. The molecule has 0 spiro atoms. The molecule has 1 aromatic heterocycles. The number of carbonyl (C=O) groups is 2. The van der Waals surface area contributed by atoms with Gasteiger partial charge in [0.05, 0.1) is 19.0 Å². The zero-order valence-corrected chi connectivity index (χ0v) is 14.0. The molecule has 0 aliphatic carbocycles. The van der Waals surface area contributed by atoms with Gasteiger partial charge in [0.1, 0.15) is 0 Å². The van der Waals surface area contributed by atoms with Crippen LogP contribution in [0, 0.1) is 0 Å². The molecule has 0 aromatic carbocycles. The number of carbonyl (C=O) groups excluding carboxylic acids is 2. The monoisotopic (exact) mass is 291 g/mol. The summed E-state index contributed by atoms with van der Waals surface area (Å²) in [6.07, 6.45) is 1.26. The van der Waals surface area contributed by atoms with E-state index in [1.807, 2.05) is 5.38 Å². The van der Waals surface area contributed by atoms with Gasteiger partial charge in [-0.1, -0.05) is 6.07 Å². The van der Waals surface area contributed by atoms with Crippen molar-refractivity contribution in [3.8, 4) is 0 Å². The summed E-state index contributed by atoms with van der Waals surface area (Å²) in [6.45, 7) is 1.83. The second-order valence-corrected chi connectivity index (χ2v) is 4.60. The quantitative estimate of drug-likeness (QED) is 0.349. The maximum Gasteiger partial charge on any atom is 1.00 e. The molecule has 19 heavy (non-hydrogen) atoms. The first kappa shape index (κ1) is 18.2. The number of allylic oxidation sites excluding steroid dienone is 1. The number of ether oxygens (including phenoxy) is 1. The van der Waals surface area contributed by atoms with Crippen molar-refractivity contribution in [2.45, 2.75) is 12.8 Å². The molecule has 0 aliphatic rings. The summed E-state index contributed by atoms with van der Waals surface area (Å²) >= 11 is 1.36. The number of thiophene rings is 1. The number of methoxy groups -OCH3 is 1. The Bertz CT molecular complexity index is 445. The Morgan fingerprint density at radius 1 is 1.58 bits per heavy atom.